The Kier molecular flexibility index (Phi) is 5.79. The highest BCUT2D eigenvalue weighted by atomic mass is 32.1. The maximum atomic E-state index is 3.19. The highest BCUT2D eigenvalue weighted by Crippen LogP contribution is 2.23. The van der Waals surface area contributed by atoms with E-state index in [4.69, 9.17) is 0 Å². The number of fused-ring (bicyclic) bond motifs is 2. The summed E-state index contributed by atoms with van der Waals surface area (Å²) in [5, 5.41) is 4.82. The minimum Gasteiger partial charge on any atom is -0.361 e. The third-order valence-electron chi connectivity index (χ3n) is 3.47. The number of hydrogen-bond donors (Lipinski definition) is 1. The molecule has 0 bridgehead atoms. The van der Waals surface area contributed by atoms with E-state index in [1.165, 1.54) is 32.1 Å². The Morgan fingerprint density at radius 2 is 1.59 bits per heavy atom. The zero-order valence-electron chi connectivity index (χ0n) is 13.7. The smallest absolute Gasteiger partial charge is 0.0456 e. The SMILES string of the molecule is CC.Cc1c[nH]c2ccccc12.Cc1cccc2ccsc12. The number of benzene rings is 2. The molecule has 0 saturated carbocycles. The zero-order valence-corrected chi connectivity index (χ0v) is 14.5. The fourth-order valence-corrected chi connectivity index (χ4v) is 3.24. The molecule has 0 unspecified atom stereocenters. The Balaban J connectivity index is 0.000000144. The number of nitrogens with one attached hydrogen (secondary N) is 1. The van der Waals surface area contributed by atoms with Crippen LogP contribution in [-0.2, 0) is 0 Å². The lowest BCUT2D eigenvalue weighted by molar-refractivity contribution is 1.43. The summed E-state index contributed by atoms with van der Waals surface area (Å²) in [4.78, 5) is 3.19. The predicted molar refractivity (Wildman–Crippen MR) is 101 cm³/mol. The molecule has 0 aliphatic heterocycles. The molecule has 0 fully saturated rings. The molecule has 22 heavy (non-hydrogen) atoms. The molecule has 0 radical (unpaired) electrons. The Labute approximate surface area is 136 Å². The summed E-state index contributed by atoms with van der Waals surface area (Å²) < 4.78 is 1.42. The van der Waals surface area contributed by atoms with Crippen molar-refractivity contribution in [1.82, 2.24) is 4.98 Å². The number of para-hydroxylation sites is 1. The van der Waals surface area contributed by atoms with Gasteiger partial charge in [-0.05, 0) is 47.9 Å². The van der Waals surface area contributed by atoms with Crippen LogP contribution in [0.15, 0.2) is 60.1 Å². The summed E-state index contributed by atoms with van der Waals surface area (Å²) in [5.74, 6) is 0. The minimum absolute atomic E-state index is 1.22. The fraction of sp³-hybridized carbons (Fsp3) is 0.200. The van der Waals surface area contributed by atoms with E-state index in [0.29, 0.717) is 0 Å². The number of thiophene rings is 1. The Morgan fingerprint density at radius 3 is 2.32 bits per heavy atom. The average molecular weight is 309 g/mol. The van der Waals surface area contributed by atoms with Crippen molar-refractivity contribution < 1.29 is 0 Å². The fourth-order valence-electron chi connectivity index (χ4n) is 2.36. The summed E-state index contributed by atoms with van der Waals surface area (Å²) in [6, 6.07) is 16.9. The number of hydrogen-bond acceptors (Lipinski definition) is 1. The lowest BCUT2D eigenvalue weighted by atomic mass is 10.2. The summed E-state index contributed by atoms with van der Waals surface area (Å²) in [6.07, 6.45) is 2.03. The molecule has 114 valence electrons. The van der Waals surface area contributed by atoms with Crippen molar-refractivity contribution >= 4 is 32.3 Å². The second-order valence-electron chi connectivity index (χ2n) is 4.93. The molecule has 2 heterocycles. The summed E-state index contributed by atoms with van der Waals surface area (Å²) >= 11 is 1.81. The second-order valence-corrected chi connectivity index (χ2v) is 5.85. The van der Waals surface area contributed by atoms with Crippen molar-refractivity contribution in [1.29, 1.82) is 0 Å². The van der Waals surface area contributed by atoms with Gasteiger partial charge in [-0.25, -0.2) is 0 Å². The zero-order chi connectivity index (χ0) is 15.9. The van der Waals surface area contributed by atoms with Crippen molar-refractivity contribution in [3.63, 3.8) is 0 Å². The standard InChI is InChI=1S/C9H9N.C9H8S.C2H6/c1-7-6-10-9-5-3-2-4-8(7)9;1-7-3-2-4-8-5-6-10-9(7)8;1-2/h2-6,10H,1H3;2-6H,1H3;1-2H3. The molecule has 4 rings (SSSR count). The van der Waals surface area contributed by atoms with Gasteiger partial charge >= 0.3 is 0 Å². The van der Waals surface area contributed by atoms with Crippen LogP contribution >= 0.6 is 11.3 Å². The van der Waals surface area contributed by atoms with Crippen LogP contribution < -0.4 is 0 Å². The molecule has 0 amide bonds. The van der Waals surface area contributed by atoms with E-state index >= 15 is 0 Å². The van der Waals surface area contributed by atoms with Gasteiger partial charge in [0.25, 0.3) is 0 Å². The first-order valence-electron chi connectivity index (χ1n) is 7.71. The number of H-pyrrole nitrogens is 1. The van der Waals surface area contributed by atoms with Gasteiger partial charge in [0.05, 0.1) is 0 Å². The molecule has 2 heteroatoms. The highest BCUT2D eigenvalue weighted by molar-refractivity contribution is 7.17. The van der Waals surface area contributed by atoms with Gasteiger partial charge in [-0.1, -0.05) is 50.2 Å². The van der Waals surface area contributed by atoms with Crippen LogP contribution in [0, 0.1) is 13.8 Å². The van der Waals surface area contributed by atoms with Gasteiger partial charge in [0.2, 0.25) is 0 Å². The van der Waals surface area contributed by atoms with Crippen LogP contribution in [0.3, 0.4) is 0 Å². The molecule has 0 aliphatic rings. The molecule has 1 nitrogen and oxygen atoms in total. The van der Waals surface area contributed by atoms with Gasteiger partial charge in [0.15, 0.2) is 0 Å². The average Bonchev–Trinajstić information content (AvgIpc) is 3.19. The Bertz CT molecular complexity index is 833. The van der Waals surface area contributed by atoms with E-state index < -0.39 is 0 Å². The molecule has 0 aliphatic carbocycles. The van der Waals surface area contributed by atoms with E-state index in [9.17, 15) is 0 Å². The maximum Gasteiger partial charge on any atom is 0.0456 e. The van der Waals surface area contributed by atoms with Gasteiger partial charge < -0.3 is 4.98 Å². The molecule has 1 N–H and O–H groups in total. The first-order chi connectivity index (χ1) is 10.8. The number of aromatic nitrogens is 1. The van der Waals surface area contributed by atoms with Crippen LogP contribution in [0.2, 0.25) is 0 Å². The number of aromatic amines is 1. The molecule has 2 aromatic carbocycles. The van der Waals surface area contributed by atoms with Crippen LogP contribution in [0.1, 0.15) is 25.0 Å². The lowest BCUT2D eigenvalue weighted by Crippen LogP contribution is -1.67. The van der Waals surface area contributed by atoms with Crippen LogP contribution in [0.4, 0.5) is 0 Å². The first-order valence-corrected chi connectivity index (χ1v) is 8.59. The quantitative estimate of drug-likeness (QED) is 0.371. The molecular formula is C20H23NS. The number of rotatable bonds is 0. The summed E-state index contributed by atoms with van der Waals surface area (Å²) in [7, 11) is 0. The molecule has 2 aromatic heterocycles. The largest absolute Gasteiger partial charge is 0.361 e. The third kappa shape index (κ3) is 3.58. The monoisotopic (exact) mass is 309 g/mol. The minimum atomic E-state index is 1.22. The summed E-state index contributed by atoms with van der Waals surface area (Å²) in [5.41, 5.74) is 3.92. The van der Waals surface area contributed by atoms with Gasteiger partial charge in [-0.3, -0.25) is 0 Å². The van der Waals surface area contributed by atoms with Crippen molar-refractivity contribution in [2.75, 3.05) is 0 Å². The second kappa shape index (κ2) is 7.81. The summed E-state index contributed by atoms with van der Waals surface area (Å²) in [6.45, 7) is 8.26. The predicted octanol–water partition coefficient (Wildman–Crippen LogP) is 6.71. The third-order valence-corrected chi connectivity index (χ3v) is 4.54. The van der Waals surface area contributed by atoms with E-state index in [1.807, 2.05) is 37.4 Å². The highest BCUT2D eigenvalue weighted by Gasteiger charge is 1.95. The van der Waals surface area contributed by atoms with Gasteiger partial charge in [-0.15, -0.1) is 11.3 Å². The van der Waals surface area contributed by atoms with E-state index in [1.54, 1.807) is 0 Å². The van der Waals surface area contributed by atoms with E-state index in [2.05, 4.69) is 66.7 Å². The molecular weight excluding hydrogens is 286 g/mol. The van der Waals surface area contributed by atoms with E-state index in [-0.39, 0.29) is 0 Å². The van der Waals surface area contributed by atoms with Crippen LogP contribution in [0.5, 0.6) is 0 Å². The molecule has 4 aromatic rings. The van der Waals surface area contributed by atoms with Gasteiger partial charge in [0.1, 0.15) is 0 Å². The first kappa shape index (κ1) is 16.3. The molecule has 0 atom stereocenters. The van der Waals surface area contributed by atoms with Crippen LogP contribution in [-0.4, -0.2) is 4.98 Å². The van der Waals surface area contributed by atoms with Crippen molar-refractivity contribution in [3.8, 4) is 0 Å². The lowest BCUT2D eigenvalue weighted by Gasteiger charge is -1.91. The molecule has 0 spiro atoms. The normalized spacial score (nSPS) is 9.82. The Hall–Kier alpha value is -2.06. The van der Waals surface area contributed by atoms with E-state index in [0.717, 1.165) is 0 Å². The Morgan fingerprint density at radius 1 is 0.818 bits per heavy atom. The van der Waals surface area contributed by atoms with Crippen molar-refractivity contribution in [2.45, 2.75) is 27.7 Å². The van der Waals surface area contributed by atoms with Crippen molar-refractivity contribution in [2.24, 2.45) is 0 Å². The topological polar surface area (TPSA) is 15.8 Å². The van der Waals surface area contributed by atoms with Crippen LogP contribution in [0.25, 0.3) is 21.0 Å². The number of aryl methyl sites for hydroxylation is 2. The van der Waals surface area contributed by atoms with Gasteiger partial charge in [0, 0.05) is 21.8 Å². The van der Waals surface area contributed by atoms with Crippen molar-refractivity contribution in [3.05, 3.63) is 71.2 Å². The maximum absolute atomic E-state index is 3.19. The van der Waals surface area contributed by atoms with Gasteiger partial charge in [-0.2, -0.15) is 0 Å². The molecule has 0 saturated heterocycles.